The van der Waals surface area contributed by atoms with Crippen LogP contribution in [0.4, 0.5) is 0 Å². The molecular weight excluding hydrogens is 376 g/mol. The molecule has 0 aliphatic carbocycles. The third-order valence-corrected chi connectivity index (χ3v) is 4.88. The Morgan fingerprint density at radius 3 is 2.57 bits per heavy atom. The minimum Gasteiger partial charge on any atom is -0.490 e. The third-order valence-electron chi connectivity index (χ3n) is 4.88. The summed E-state index contributed by atoms with van der Waals surface area (Å²) in [6.07, 6.45) is 1.98. The number of hydrogen-bond donors (Lipinski definition) is 1. The fourth-order valence-electron chi connectivity index (χ4n) is 3.30. The molecule has 2 heterocycles. The van der Waals surface area contributed by atoms with Gasteiger partial charge in [-0.15, -0.1) is 10.2 Å². The van der Waals surface area contributed by atoms with Crippen LogP contribution in [0.25, 0.3) is 5.65 Å². The highest BCUT2D eigenvalue weighted by molar-refractivity contribution is 5.43. The Balaban J connectivity index is 1.43. The first kappa shape index (κ1) is 19.9. The second-order valence-electron chi connectivity index (χ2n) is 7.08. The highest BCUT2D eigenvalue weighted by Crippen LogP contribution is 2.29. The van der Waals surface area contributed by atoms with Crippen LogP contribution in [0.5, 0.6) is 11.5 Å². The van der Waals surface area contributed by atoms with Crippen molar-refractivity contribution in [2.24, 2.45) is 0 Å². The predicted molar refractivity (Wildman–Crippen MR) is 117 cm³/mol. The van der Waals surface area contributed by atoms with Gasteiger partial charge in [-0.2, -0.15) is 0 Å². The topological polar surface area (TPSA) is 60.7 Å². The van der Waals surface area contributed by atoms with Crippen molar-refractivity contribution in [3.05, 3.63) is 89.9 Å². The van der Waals surface area contributed by atoms with Crippen molar-refractivity contribution in [1.82, 2.24) is 19.9 Å². The zero-order valence-corrected chi connectivity index (χ0v) is 17.3. The van der Waals surface area contributed by atoms with E-state index in [-0.39, 0.29) is 6.04 Å². The number of fused-ring (bicyclic) bond motifs is 1. The standard InChI is InChI=1S/C24H26N4O2/c1-3-29-22-15-20(12-13-21(22)30-17-19-9-5-4-6-10-19)16-25-18(2)24-27-26-23-11-7-8-14-28(23)24/h4-15,18,25H,3,16-17H2,1-2H3. The van der Waals surface area contributed by atoms with E-state index in [9.17, 15) is 0 Å². The molecule has 1 atom stereocenters. The SMILES string of the molecule is CCOc1cc(CNC(C)c2nnc3ccccn23)ccc1OCc1ccccc1. The second kappa shape index (κ2) is 9.41. The number of ether oxygens (including phenoxy) is 2. The van der Waals surface area contributed by atoms with Crippen LogP contribution >= 0.6 is 0 Å². The highest BCUT2D eigenvalue weighted by atomic mass is 16.5. The van der Waals surface area contributed by atoms with Gasteiger partial charge in [-0.3, -0.25) is 4.40 Å². The van der Waals surface area contributed by atoms with E-state index in [0.29, 0.717) is 19.8 Å². The first-order valence-electron chi connectivity index (χ1n) is 10.2. The van der Waals surface area contributed by atoms with E-state index < -0.39 is 0 Å². The molecule has 0 saturated heterocycles. The van der Waals surface area contributed by atoms with Crippen LogP contribution in [0.1, 0.15) is 36.8 Å². The number of pyridine rings is 1. The van der Waals surface area contributed by atoms with Gasteiger partial charge in [0, 0.05) is 12.7 Å². The lowest BCUT2D eigenvalue weighted by Crippen LogP contribution is -2.20. The maximum Gasteiger partial charge on any atom is 0.161 e. The number of nitrogens with zero attached hydrogens (tertiary/aromatic N) is 3. The monoisotopic (exact) mass is 402 g/mol. The second-order valence-corrected chi connectivity index (χ2v) is 7.08. The van der Waals surface area contributed by atoms with Gasteiger partial charge < -0.3 is 14.8 Å². The Morgan fingerprint density at radius 2 is 1.73 bits per heavy atom. The molecule has 0 saturated carbocycles. The fraction of sp³-hybridized carbons (Fsp3) is 0.250. The number of rotatable bonds is 9. The number of hydrogen-bond acceptors (Lipinski definition) is 5. The number of nitrogens with one attached hydrogen (secondary N) is 1. The van der Waals surface area contributed by atoms with E-state index in [0.717, 1.165) is 34.1 Å². The molecule has 0 amide bonds. The molecular formula is C24H26N4O2. The van der Waals surface area contributed by atoms with E-state index >= 15 is 0 Å². The van der Waals surface area contributed by atoms with Crippen molar-refractivity contribution in [2.45, 2.75) is 33.0 Å². The molecule has 0 radical (unpaired) electrons. The van der Waals surface area contributed by atoms with E-state index in [1.54, 1.807) is 0 Å². The van der Waals surface area contributed by atoms with Gasteiger partial charge in [0.2, 0.25) is 0 Å². The molecule has 0 aliphatic rings. The summed E-state index contributed by atoms with van der Waals surface area (Å²) in [5, 5.41) is 12.1. The Labute approximate surface area is 176 Å². The average Bonchev–Trinajstić information content (AvgIpc) is 3.22. The lowest BCUT2D eigenvalue weighted by atomic mass is 10.2. The first-order valence-corrected chi connectivity index (χ1v) is 10.2. The molecule has 0 spiro atoms. The van der Waals surface area contributed by atoms with Gasteiger partial charge >= 0.3 is 0 Å². The highest BCUT2D eigenvalue weighted by Gasteiger charge is 2.13. The molecule has 0 fully saturated rings. The molecule has 2 aromatic carbocycles. The van der Waals surface area contributed by atoms with E-state index in [1.165, 1.54) is 0 Å². The lowest BCUT2D eigenvalue weighted by Gasteiger charge is -2.15. The van der Waals surface area contributed by atoms with Gasteiger partial charge in [0.1, 0.15) is 6.61 Å². The molecule has 4 aromatic rings. The molecule has 4 rings (SSSR count). The molecule has 6 heteroatoms. The van der Waals surface area contributed by atoms with Gasteiger partial charge in [0.25, 0.3) is 0 Å². The maximum absolute atomic E-state index is 6.00. The molecule has 0 aliphatic heterocycles. The molecule has 2 aromatic heterocycles. The summed E-state index contributed by atoms with van der Waals surface area (Å²) < 4.78 is 13.8. The molecule has 30 heavy (non-hydrogen) atoms. The van der Waals surface area contributed by atoms with Crippen LogP contribution in [0, 0.1) is 0 Å². The van der Waals surface area contributed by atoms with Crippen molar-refractivity contribution < 1.29 is 9.47 Å². The molecule has 1 N–H and O–H groups in total. The summed E-state index contributed by atoms with van der Waals surface area (Å²) in [6, 6.07) is 22.1. The van der Waals surface area contributed by atoms with E-state index in [1.807, 2.05) is 78.2 Å². The third kappa shape index (κ3) is 4.60. The summed E-state index contributed by atoms with van der Waals surface area (Å²) in [5.74, 6) is 2.40. The summed E-state index contributed by atoms with van der Waals surface area (Å²) >= 11 is 0. The van der Waals surface area contributed by atoms with Crippen LogP contribution in [-0.2, 0) is 13.2 Å². The van der Waals surface area contributed by atoms with Crippen molar-refractivity contribution in [1.29, 1.82) is 0 Å². The van der Waals surface area contributed by atoms with Gasteiger partial charge in [0.05, 0.1) is 12.6 Å². The van der Waals surface area contributed by atoms with Gasteiger partial charge in [0.15, 0.2) is 23.0 Å². The summed E-state index contributed by atoms with van der Waals surface area (Å²) in [7, 11) is 0. The first-order chi connectivity index (χ1) is 14.7. The van der Waals surface area contributed by atoms with Crippen molar-refractivity contribution >= 4 is 5.65 Å². The average molecular weight is 402 g/mol. The number of aromatic nitrogens is 3. The van der Waals surface area contributed by atoms with Crippen LogP contribution < -0.4 is 14.8 Å². The van der Waals surface area contributed by atoms with Crippen molar-refractivity contribution in [3.63, 3.8) is 0 Å². The van der Waals surface area contributed by atoms with Gasteiger partial charge in [-0.05, 0) is 49.2 Å². The lowest BCUT2D eigenvalue weighted by molar-refractivity contribution is 0.269. The summed E-state index contributed by atoms with van der Waals surface area (Å²) in [4.78, 5) is 0. The Morgan fingerprint density at radius 1 is 0.900 bits per heavy atom. The summed E-state index contributed by atoms with van der Waals surface area (Å²) in [5.41, 5.74) is 3.09. The van der Waals surface area contributed by atoms with Crippen LogP contribution in [-0.4, -0.2) is 21.2 Å². The van der Waals surface area contributed by atoms with E-state index in [4.69, 9.17) is 9.47 Å². The zero-order valence-electron chi connectivity index (χ0n) is 17.3. The largest absolute Gasteiger partial charge is 0.490 e. The normalized spacial score (nSPS) is 12.1. The Kier molecular flexibility index (Phi) is 6.25. The zero-order chi connectivity index (χ0) is 20.8. The number of benzene rings is 2. The molecule has 1 unspecified atom stereocenters. The van der Waals surface area contributed by atoms with Crippen LogP contribution in [0.2, 0.25) is 0 Å². The van der Waals surface area contributed by atoms with Crippen molar-refractivity contribution in [3.8, 4) is 11.5 Å². The quantitative estimate of drug-likeness (QED) is 0.445. The molecule has 6 nitrogen and oxygen atoms in total. The smallest absolute Gasteiger partial charge is 0.161 e. The predicted octanol–water partition coefficient (Wildman–Crippen LogP) is 4.56. The summed E-state index contributed by atoms with van der Waals surface area (Å²) in [6.45, 7) is 5.84. The molecule has 154 valence electrons. The molecule has 0 bridgehead atoms. The van der Waals surface area contributed by atoms with Gasteiger partial charge in [-0.25, -0.2) is 0 Å². The minimum atomic E-state index is 0.0481. The maximum atomic E-state index is 6.00. The van der Waals surface area contributed by atoms with Crippen molar-refractivity contribution in [2.75, 3.05) is 6.61 Å². The minimum absolute atomic E-state index is 0.0481. The van der Waals surface area contributed by atoms with Crippen LogP contribution in [0.15, 0.2) is 72.9 Å². The van der Waals surface area contributed by atoms with Crippen LogP contribution in [0.3, 0.4) is 0 Å². The van der Waals surface area contributed by atoms with E-state index in [2.05, 4.69) is 28.5 Å². The Hall–Kier alpha value is -3.38. The Bertz CT molecular complexity index is 1090. The fourth-order valence-corrected chi connectivity index (χ4v) is 3.30. The van der Waals surface area contributed by atoms with Gasteiger partial charge in [-0.1, -0.05) is 42.5 Å².